The number of rotatable bonds is 8. The molecular formula is C22H35N5O. The summed E-state index contributed by atoms with van der Waals surface area (Å²) in [5, 5.41) is 10.0. The summed E-state index contributed by atoms with van der Waals surface area (Å²) in [5.74, 6) is 7.08. The minimum atomic E-state index is -0.758. The normalized spacial score (nSPS) is 23.7. The predicted molar refractivity (Wildman–Crippen MR) is 112 cm³/mol. The third-order valence-corrected chi connectivity index (χ3v) is 6.48. The first-order valence-corrected chi connectivity index (χ1v) is 10.7. The number of hydrogen-bond donors (Lipinski definition) is 3. The molecule has 5 N–H and O–H groups in total. The summed E-state index contributed by atoms with van der Waals surface area (Å²) in [6.07, 6.45) is 9.56. The second kappa shape index (κ2) is 9.05. The van der Waals surface area contributed by atoms with Crippen molar-refractivity contribution in [2.45, 2.75) is 83.3 Å². The standard InChI is InChI=1S/C22H35N5O/c1-2-3-13-22(14-17-7-5-4-6-8-17)20(28)26(21(24)27(22)25)16-19-11-9-18(15-23)10-12-19/h9-12,17,24H,2-8,13-16,23,25H2,1H3. The quantitative estimate of drug-likeness (QED) is 0.596. The molecule has 154 valence electrons. The Morgan fingerprint density at radius 3 is 2.39 bits per heavy atom. The molecule has 2 aliphatic rings. The van der Waals surface area contributed by atoms with Crippen molar-refractivity contribution in [3.05, 3.63) is 35.4 Å². The van der Waals surface area contributed by atoms with Crippen LogP contribution in [-0.2, 0) is 17.9 Å². The fraction of sp³-hybridized carbons (Fsp3) is 0.636. The Morgan fingerprint density at radius 1 is 1.14 bits per heavy atom. The highest BCUT2D eigenvalue weighted by Crippen LogP contribution is 2.40. The molecular weight excluding hydrogens is 350 g/mol. The summed E-state index contributed by atoms with van der Waals surface area (Å²) in [5.41, 5.74) is 6.97. The summed E-state index contributed by atoms with van der Waals surface area (Å²) in [6, 6.07) is 7.92. The Labute approximate surface area is 168 Å². The Kier molecular flexibility index (Phi) is 6.73. The largest absolute Gasteiger partial charge is 0.326 e. The number of nitrogens with one attached hydrogen (secondary N) is 1. The Hall–Kier alpha value is -1.92. The van der Waals surface area contributed by atoms with Gasteiger partial charge in [0.2, 0.25) is 5.96 Å². The van der Waals surface area contributed by atoms with Crippen molar-refractivity contribution in [3.63, 3.8) is 0 Å². The van der Waals surface area contributed by atoms with Crippen molar-refractivity contribution in [2.24, 2.45) is 17.5 Å². The summed E-state index contributed by atoms with van der Waals surface area (Å²) >= 11 is 0. The lowest BCUT2D eigenvalue weighted by atomic mass is 9.76. The van der Waals surface area contributed by atoms with Crippen molar-refractivity contribution < 1.29 is 4.79 Å². The molecule has 1 heterocycles. The van der Waals surface area contributed by atoms with Crippen molar-refractivity contribution in [1.29, 1.82) is 5.41 Å². The zero-order valence-corrected chi connectivity index (χ0v) is 17.1. The van der Waals surface area contributed by atoms with E-state index in [9.17, 15) is 4.79 Å². The first kappa shape index (κ1) is 20.8. The van der Waals surface area contributed by atoms with Crippen LogP contribution in [0.1, 0.15) is 75.8 Å². The van der Waals surface area contributed by atoms with Gasteiger partial charge in [-0.05, 0) is 29.9 Å². The van der Waals surface area contributed by atoms with Gasteiger partial charge in [0.1, 0.15) is 5.54 Å². The smallest absolute Gasteiger partial charge is 0.257 e. The molecule has 1 saturated heterocycles. The lowest BCUT2D eigenvalue weighted by Gasteiger charge is -2.37. The third kappa shape index (κ3) is 4.08. The maximum absolute atomic E-state index is 13.6. The van der Waals surface area contributed by atoms with Crippen molar-refractivity contribution in [3.8, 4) is 0 Å². The van der Waals surface area contributed by atoms with Crippen LogP contribution >= 0.6 is 0 Å². The summed E-state index contributed by atoms with van der Waals surface area (Å²) in [6.45, 7) is 3.02. The number of unbranched alkanes of at least 4 members (excludes halogenated alkanes) is 1. The van der Waals surface area contributed by atoms with Crippen LogP contribution in [0.25, 0.3) is 0 Å². The minimum absolute atomic E-state index is 0.00178. The van der Waals surface area contributed by atoms with E-state index in [1.54, 1.807) is 4.90 Å². The van der Waals surface area contributed by atoms with Gasteiger partial charge in [-0.1, -0.05) is 76.1 Å². The highest BCUT2D eigenvalue weighted by atomic mass is 16.2. The van der Waals surface area contributed by atoms with Crippen LogP contribution in [-0.4, -0.2) is 27.3 Å². The van der Waals surface area contributed by atoms with Crippen molar-refractivity contribution >= 4 is 11.9 Å². The molecule has 0 aromatic heterocycles. The molecule has 1 aromatic rings. The number of nitrogens with zero attached hydrogens (tertiary/aromatic N) is 2. The van der Waals surface area contributed by atoms with Crippen LogP contribution in [0.3, 0.4) is 0 Å². The molecule has 1 atom stereocenters. The van der Waals surface area contributed by atoms with Gasteiger partial charge in [0.25, 0.3) is 5.91 Å². The predicted octanol–water partition coefficient (Wildman–Crippen LogP) is 3.50. The molecule has 1 saturated carbocycles. The first-order chi connectivity index (χ1) is 13.5. The van der Waals surface area contributed by atoms with Crippen molar-refractivity contribution in [2.75, 3.05) is 0 Å². The van der Waals surface area contributed by atoms with Crippen LogP contribution in [0.2, 0.25) is 0 Å². The highest BCUT2D eigenvalue weighted by molar-refractivity contribution is 6.07. The number of carbonyl (C=O) groups excluding carboxylic acids is 1. The third-order valence-electron chi connectivity index (χ3n) is 6.48. The molecule has 1 aliphatic heterocycles. The van der Waals surface area contributed by atoms with E-state index in [1.807, 2.05) is 24.3 Å². The molecule has 3 rings (SSSR count). The van der Waals surface area contributed by atoms with Crippen LogP contribution in [0, 0.1) is 11.3 Å². The zero-order valence-electron chi connectivity index (χ0n) is 17.1. The van der Waals surface area contributed by atoms with Crippen LogP contribution < -0.4 is 11.6 Å². The fourth-order valence-corrected chi connectivity index (χ4v) is 4.75. The molecule has 6 nitrogen and oxygen atoms in total. The molecule has 2 fully saturated rings. The van der Waals surface area contributed by atoms with Crippen LogP contribution in [0.15, 0.2) is 24.3 Å². The Balaban J connectivity index is 1.82. The average Bonchev–Trinajstić information content (AvgIpc) is 2.89. The number of guanidine groups is 1. The van der Waals surface area contributed by atoms with Gasteiger partial charge in [0.15, 0.2) is 0 Å². The van der Waals surface area contributed by atoms with Gasteiger partial charge in [0, 0.05) is 6.54 Å². The van der Waals surface area contributed by atoms with Crippen molar-refractivity contribution in [1.82, 2.24) is 9.91 Å². The zero-order chi connectivity index (χ0) is 20.1. The second-order valence-electron chi connectivity index (χ2n) is 8.45. The van der Waals surface area contributed by atoms with E-state index in [1.165, 1.54) is 37.1 Å². The number of hydrogen-bond acceptors (Lipinski definition) is 4. The number of benzene rings is 1. The second-order valence-corrected chi connectivity index (χ2v) is 8.45. The lowest BCUT2D eigenvalue weighted by molar-refractivity contribution is -0.135. The number of hydrazine groups is 1. The maximum Gasteiger partial charge on any atom is 0.257 e. The molecule has 1 unspecified atom stereocenters. The SMILES string of the molecule is CCCCC1(CC2CCCCC2)C(=O)N(Cc2ccc(CN)cc2)C(=N)N1N. The molecule has 1 amide bonds. The van der Waals surface area contributed by atoms with Crippen LogP contribution in [0.5, 0.6) is 0 Å². The first-order valence-electron chi connectivity index (χ1n) is 10.7. The number of nitrogens with two attached hydrogens (primary N) is 2. The van der Waals surface area contributed by atoms with Gasteiger partial charge in [-0.2, -0.15) is 0 Å². The average molecular weight is 386 g/mol. The van der Waals surface area contributed by atoms with E-state index < -0.39 is 5.54 Å². The van der Waals surface area contributed by atoms with Gasteiger partial charge >= 0.3 is 0 Å². The van der Waals surface area contributed by atoms with E-state index >= 15 is 0 Å². The molecule has 1 aliphatic carbocycles. The minimum Gasteiger partial charge on any atom is -0.326 e. The monoisotopic (exact) mass is 385 g/mol. The van der Waals surface area contributed by atoms with Gasteiger partial charge in [0.05, 0.1) is 6.54 Å². The topological polar surface area (TPSA) is 99.4 Å². The lowest BCUT2D eigenvalue weighted by Crippen LogP contribution is -2.54. The summed E-state index contributed by atoms with van der Waals surface area (Å²) in [7, 11) is 0. The molecule has 28 heavy (non-hydrogen) atoms. The van der Waals surface area contributed by atoms with Gasteiger partial charge in [-0.15, -0.1) is 0 Å². The van der Waals surface area contributed by atoms with Gasteiger partial charge in [-0.3, -0.25) is 20.1 Å². The Morgan fingerprint density at radius 2 is 1.79 bits per heavy atom. The van der Waals surface area contributed by atoms with E-state index in [2.05, 4.69) is 6.92 Å². The summed E-state index contributed by atoms with van der Waals surface area (Å²) < 4.78 is 0. The number of amides is 1. The fourth-order valence-electron chi connectivity index (χ4n) is 4.75. The van der Waals surface area contributed by atoms with Gasteiger partial charge < -0.3 is 5.73 Å². The molecule has 0 bridgehead atoms. The molecule has 1 aromatic carbocycles. The van der Waals surface area contributed by atoms with E-state index in [4.69, 9.17) is 17.0 Å². The summed E-state index contributed by atoms with van der Waals surface area (Å²) in [4.78, 5) is 15.2. The van der Waals surface area contributed by atoms with E-state index in [0.717, 1.165) is 36.8 Å². The molecule has 0 spiro atoms. The van der Waals surface area contributed by atoms with E-state index in [0.29, 0.717) is 19.0 Å². The number of carbonyl (C=O) groups is 1. The maximum atomic E-state index is 13.6. The van der Waals surface area contributed by atoms with E-state index in [-0.39, 0.29) is 11.9 Å². The Bertz CT molecular complexity index is 683. The van der Waals surface area contributed by atoms with Crippen LogP contribution in [0.4, 0.5) is 0 Å². The van der Waals surface area contributed by atoms with Gasteiger partial charge in [-0.25, -0.2) is 5.84 Å². The molecule has 0 radical (unpaired) electrons. The highest BCUT2D eigenvalue weighted by Gasteiger charge is 2.54. The molecule has 6 heteroatoms.